The van der Waals surface area contributed by atoms with Crippen LogP contribution in [0.15, 0.2) is 24.3 Å². The molecule has 0 saturated heterocycles. The van der Waals surface area contributed by atoms with Gasteiger partial charge in [0.05, 0.1) is 0 Å². The Hall–Kier alpha value is -0.520. The van der Waals surface area contributed by atoms with Crippen LogP contribution >= 0.6 is 0 Å². The smallest absolute Gasteiger partial charge is 0.0172 e. The standard InChI is InChI=1S/C20H30/c1-3-15-9-11-19-18-10-8-14-6-4-5-7-16(14)17(18)12-13-20(15,19)2/h3,6,15-19H,1,4-5,7-13H2,2H3. The highest BCUT2D eigenvalue weighted by atomic mass is 14.6. The molecule has 0 heteroatoms. The monoisotopic (exact) mass is 270 g/mol. The van der Waals surface area contributed by atoms with Crippen LogP contribution in [0.2, 0.25) is 0 Å². The summed E-state index contributed by atoms with van der Waals surface area (Å²) in [5.74, 6) is 4.87. The first-order valence-corrected chi connectivity index (χ1v) is 9.05. The molecule has 3 saturated carbocycles. The van der Waals surface area contributed by atoms with E-state index in [4.69, 9.17) is 0 Å². The Morgan fingerprint density at radius 2 is 2.05 bits per heavy atom. The van der Waals surface area contributed by atoms with Gasteiger partial charge >= 0.3 is 0 Å². The first-order chi connectivity index (χ1) is 9.74. The predicted octanol–water partition coefficient (Wildman–Crippen LogP) is 5.75. The van der Waals surface area contributed by atoms with Crippen molar-refractivity contribution in [1.29, 1.82) is 0 Å². The lowest BCUT2D eigenvalue weighted by molar-refractivity contribution is -0.0134. The number of hydrogen-bond donors (Lipinski definition) is 0. The summed E-state index contributed by atoms with van der Waals surface area (Å²) >= 11 is 0. The zero-order chi connectivity index (χ0) is 13.7. The minimum atomic E-state index is 0.596. The maximum atomic E-state index is 4.14. The van der Waals surface area contributed by atoms with Crippen molar-refractivity contribution in [2.24, 2.45) is 35.0 Å². The molecule has 0 N–H and O–H groups in total. The third-order valence-corrected chi connectivity index (χ3v) is 7.74. The molecule has 0 amide bonds. The van der Waals surface area contributed by atoms with E-state index in [0.29, 0.717) is 5.41 Å². The molecule has 0 aromatic heterocycles. The van der Waals surface area contributed by atoms with Crippen molar-refractivity contribution in [3.63, 3.8) is 0 Å². The van der Waals surface area contributed by atoms with Crippen LogP contribution in [0.1, 0.15) is 64.7 Å². The zero-order valence-electron chi connectivity index (χ0n) is 13.1. The molecular formula is C20H30. The molecule has 0 aliphatic heterocycles. The van der Waals surface area contributed by atoms with Crippen molar-refractivity contribution < 1.29 is 0 Å². The summed E-state index contributed by atoms with van der Waals surface area (Å²) in [7, 11) is 0. The number of allylic oxidation sites excluding steroid dienone is 3. The molecule has 0 aromatic carbocycles. The molecule has 0 aromatic rings. The van der Waals surface area contributed by atoms with Gasteiger partial charge in [0.25, 0.3) is 0 Å². The Balaban J connectivity index is 1.63. The Morgan fingerprint density at radius 3 is 2.90 bits per heavy atom. The molecule has 110 valence electrons. The topological polar surface area (TPSA) is 0 Å². The summed E-state index contributed by atoms with van der Waals surface area (Å²) in [6.45, 7) is 6.74. The van der Waals surface area contributed by atoms with Gasteiger partial charge in [-0.25, -0.2) is 0 Å². The van der Waals surface area contributed by atoms with Crippen molar-refractivity contribution in [2.45, 2.75) is 64.7 Å². The van der Waals surface area contributed by atoms with E-state index in [9.17, 15) is 0 Å². The molecule has 0 nitrogen and oxygen atoms in total. The lowest BCUT2D eigenvalue weighted by atomic mass is 9.51. The van der Waals surface area contributed by atoms with Gasteiger partial charge in [-0.1, -0.05) is 24.6 Å². The maximum absolute atomic E-state index is 4.14. The molecule has 6 unspecified atom stereocenters. The van der Waals surface area contributed by atoms with Gasteiger partial charge in [-0.3, -0.25) is 0 Å². The minimum Gasteiger partial charge on any atom is -0.103 e. The lowest BCUT2D eigenvalue weighted by Crippen LogP contribution is -2.45. The van der Waals surface area contributed by atoms with Gasteiger partial charge in [0.1, 0.15) is 0 Å². The first-order valence-electron chi connectivity index (χ1n) is 9.05. The highest BCUT2D eigenvalue weighted by Crippen LogP contribution is 2.63. The van der Waals surface area contributed by atoms with Crippen molar-refractivity contribution in [3.8, 4) is 0 Å². The summed E-state index contributed by atoms with van der Waals surface area (Å²) in [5, 5.41) is 0. The fourth-order valence-corrected chi connectivity index (χ4v) is 6.73. The van der Waals surface area contributed by atoms with E-state index < -0.39 is 0 Å². The van der Waals surface area contributed by atoms with E-state index in [-0.39, 0.29) is 0 Å². The van der Waals surface area contributed by atoms with Crippen LogP contribution in [-0.4, -0.2) is 0 Å². The summed E-state index contributed by atoms with van der Waals surface area (Å²) < 4.78 is 0. The van der Waals surface area contributed by atoms with Crippen molar-refractivity contribution in [2.75, 3.05) is 0 Å². The molecule has 20 heavy (non-hydrogen) atoms. The minimum absolute atomic E-state index is 0.596. The molecule has 4 aliphatic rings. The van der Waals surface area contributed by atoms with E-state index in [1.165, 1.54) is 57.8 Å². The van der Waals surface area contributed by atoms with Gasteiger partial charge in [-0.05, 0) is 92.8 Å². The van der Waals surface area contributed by atoms with Crippen LogP contribution < -0.4 is 0 Å². The molecule has 4 aliphatic carbocycles. The largest absolute Gasteiger partial charge is 0.103 e. The van der Waals surface area contributed by atoms with Crippen molar-refractivity contribution >= 4 is 0 Å². The maximum Gasteiger partial charge on any atom is -0.0172 e. The molecule has 0 spiro atoms. The van der Waals surface area contributed by atoms with Crippen LogP contribution in [0, 0.1) is 35.0 Å². The van der Waals surface area contributed by atoms with Gasteiger partial charge in [0.2, 0.25) is 0 Å². The average Bonchev–Trinajstić information content (AvgIpc) is 2.83. The molecule has 0 radical (unpaired) electrons. The van der Waals surface area contributed by atoms with Crippen LogP contribution in [-0.2, 0) is 0 Å². The van der Waals surface area contributed by atoms with Crippen molar-refractivity contribution in [3.05, 3.63) is 24.3 Å². The summed E-state index contributed by atoms with van der Waals surface area (Å²) in [6.07, 6.45) is 18.0. The Kier molecular flexibility index (Phi) is 3.13. The zero-order valence-corrected chi connectivity index (χ0v) is 13.1. The molecule has 3 fully saturated rings. The lowest BCUT2D eigenvalue weighted by Gasteiger charge is -2.54. The molecule has 4 rings (SSSR count). The van der Waals surface area contributed by atoms with Gasteiger partial charge in [0, 0.05) is 0 Å². The van der Waals surface area contributed by atoms with Crippen LogP contribution in [0.5, 0.6) is 0 Å². The number of rotatable bonds is 1. The fraction of sp³-hybridized carbons (Fsp3) is 0.800. The van der Waals surface area contributed by atoms with Gasteiger partial charge < -0.3 is 0 Å². The van der Waals surface area contributed by atoms with E-state index in [0.717, 1.165) is 29.6 Å². The summed E-state index contributed by atoms with van der Waals surface area (Å²) in [5.41, 5.74) is 2.46. The van der Waals surface area contributed by atoms with Gasteiger partial charge in [0.15, 0.2) is 0 Å². The Morgan fingerprint density at radius 1 is 1.15 bits per heavy atom. The fourth-order valence-electron chi connectivity index (χ4n) is 6.73. The van der Waals surface area contributed by atoms with Crippen LogP contribution in [0.3, 0.4) is 0 Å². The molecule has 6 atom stereocenters. The third kappa shape index (κ3) is 1.72. The second-order valence-corrected chi connectivity index (χ2v) is 8.25. The van der Waals surface area contributed by atoms with E-state index in [2.05, 4.69) is 25.7 Å². The van der Waals surface area contributed by atoms with Gasteiger partial charge in [-0.15, -0.1) is 6.58 Å². The SMILES string of the molecule is C=CC1CCC2C3CCC4=CCCCC4C3CCC12C. The first kappa shape index (κ1) is 13.2. The van der Waals surface area contributed by atoms with Crippen LogP contribution in [0.25, 0.3) is 0 Å². The molecular weight excluding hydrogens is 240 g/mol. The van der Waals surface area contributed by atoms with E-state index in [1.54, 1.807) is 0 Å². The van der Waals surface area contributed by atoms with Crippen LogP contribution in [0.4, 0.5) is 0 Å². The third-order valence-electron chi connectivity index (χ3n) is 7.74. The van der Waals surface area contributed by atoms with Crippen molar-refractivity contribution in [1.82, 2.24) is 0 Å². The highest BCUT2D eigenvalue weighted by Gasteiger charge is 2.55. The van der Waals surface area contributed by atoms with E-state index >= 15 is 0 Å². The quantitative estimate of drug-likeness (QED) is 0.532. The molecule has 0 heterocycles. The molecule has 0 bridgehead atoms. The highest BCUT2D eigenvalue weighted by molar-refractivity contribution is 5.18. The predicted molar refractivity (Wildman–Crippen MR) is 85.4 cm³/mol. The van der Waals surface area contributed by atoms with E-state index in [1.807, 2.05) is 5.57 Å². The summed E-state index contributed by atoms with van der Waals surface area (Å²) in [6, 6.07) is 0. The number of hydrogen-bond acceptors (Lipinski definition) is 0. The average molecular weight is 270 g/mol. The van der Waals surface area contributed by atoms with Gasteiger partial charge in [-0.2, -0.15) is 0 Å². The second-order valence-electron chi connectivity index (χ2n) is 8.25. The Labute approximate surface area is 124 Å². The number of fused-ring (bicyclic) bond motifs is 5. The second kappa shape index (κ2) is 4.75. The Bertz CT molecular complexity index is 431. The normalized spacial score (nSPS) is 50.6. The summed E-state index contributed by atoms with van der Waals surface area (Å²) in [4.78, 5) is 0.